The maximum absolute atomic E-state index is 12.3. The number of amides is 1. The summed E-state index contributed by atoms with van der Waals surface area (Å²) in [6, 6.07) is -0.904. The maximum atomic E-state index is 12.3. The topological polar surface area (TPSA) is 72.9 Å². The van der Waals surface area contributed by atoms with Crippen LogP contribution in [-0.2, 0) is 19.0 Å². The minimum Gasteiger partial charge on any atom is -0.450 e. The van der Waals surface area contributed by atoms with Gasteiger partial charge in [-0.15, -0.1) is 0 Å². The second-order valence-corrected chi connectivity index (χ2v) is 6.26. The summed E-state index contributed by atoms with van der Waals surface area (Å²) in [5, 5.41) is 0. The number of fused-ring (bicyclic) bond motifs is 2. The lowest BCUT2D eigenvalue weighted by molar-refractivity contribution is -0.0526. The van der Waals surface area contributed by atoms with E-state index in [0.29, 0.717) is 12.8 Å². The van der Waals surface area contributed by atoms with E-state index in [9.17, 15) is 26.4 Å². The summed E-state index contributed by atoms with van der Waals surface area (Å²) in [6.07, 6.45) is 1.69. The molecule has 2 unspecified atom stereocenters. The molecule has 0 spiro atoms. The lowest BCUT2D eigenvalue weighted by atomic mass is 10.1. The number of alkyl halides is 3. The van der Waals surface area contributed by atoms with Gasteiger partial charge in [0.25, 0.3) is 0 Å². The lowest BCUT2D eigenvalue weighted by Crippen LogP contribution is -2.44. The van der Waals surface area contributed by atoms with Gasteiger partial charge in [-0.1, -0.05) is 0 Å². The first-order chi connectivity index (χ1) is 9.65. The number of rotatable bonds is 3. The summed E-state index contributed by atoms with van der Waals surface area (Å²) in [7, 11) is -5.67. The molecule has 2 rings (SSSR count). The molecule has 120 valence electrons. The molecule has 0 aromatic rings. The summed E-state index contributed by atoms with van der Waals surface area (Å²) in [5.41, 5.74) is -5.47. The van der Waals surface area contributed by atoms with Gasteiger partial charge in [0, 0.05) is 12.5 Å². The molecule has 0 radical (unpaired) electrons. The predicted molar refractivity (Wildman–Crippen MR) is 64.4 cm³/mol. The second kappa shape index (κ2) is 5.39. The molecule has 2 aliphatic heterocycles. The number of nitrogens with zero attached hydrogens (tertiary/aromatic N) is 1. The van der Waals surface area contributed by atoms with Gasteiger partial charge in [-0.2, -0.15) is 21.6 Å². The van der Waals surface area contributed by atoms with Gasteiger partial charge in [-0.05, 0) is 25.8 Å². The number of hydrogen-bond donors (Lipinski definition) is 0. The molecule has 1 saturated heterocycles. The van der Waals surface area contributed by atoms with Gasteiger partial charge in [0.2, 0.25) is 0 Å². The molecule has 0 N–H and O–H groups in total. The van der Waals surface area contributed by atoms with E-state index in [1.165, 1.54) is 11.0 Å². The molecule has 0 aromatic heterocycles. The Labute approximate surface area is 119 Å². The Hall–Kier alpha value is -1.45. The molecule has 0 aliphatic carbocycles. The normalized spacial score (nSPS) is 25.5. The van der Waals surface area contributed by atoms with Crippen LogP contribution in [-0.4, -0.2) is 43.6 Å². The summed E-state index contributed by atoms with van der Waals surface area (Å²) < 4.78 is 67.8. The van der Waals surface area contributed by atoms with Crippen molar-refractivity contribution < 1.29 is 35.3 Å². The van der Waals surface area contributed by atoms with Crippen molar-refractivity contribution in [2.24, 2.45) is 0 Å². The molecule has 6 nitrogen and oxygen atoms in total. The SMILES string of the molecule is CCOC(=O)N1C2C=C(OS(=O)(=O)C(F)(F)F)CC1CC2. The van der Waals surface area contributed by atoms with E-state index in [0.717, 1.165) is 0 Å². The number of ether oxygens (including phenoxy) is 1. The summed E-state index contributed by atoms with van der Waals surface area (Å²) >= 11 is 0. The molecule has 2 heterocycles. The Morgan fingerprint density at radius 2 is 2.10 bits per heavy atom. The van der Waals surface area contributed by atoms with Gasteiger partial charge in [-0.25, -0.2) is 4.79 Å². The third kappa shape index (κ3) is 3.09. The molecule has 2 aliphatic rings. The maximum Gasteiger partial charge on any atom is 0.534 e. The van der Waals surface area contributed by atoms with Crippen LogP contribution < -0.4 is 0 Å². The zero-order chi connectivity index (χ0) is 15.8. The van der Waals surface area contributed by atoms with Crippen molar-refractivity contribution in [2.75, 3.05) is 6.61 Å². The van der Waals surface area contributed by atoms with Crippen molar-refractivity contribution in [2.45, 2.75) is 43.8 Å². The molecule has 2 atom stereocenters. The molecule has 21 heavy (non-hydrogen) atoms. The first-order valence-corrected chi connectivity index (χ1v) is 7.73. The van der Waals surface area contributed by atoms with Crippen LogP contribution in [0.1, 0.15) is 26.2 Å². The summed E-state index contributed by atoms with van der Waals surface area (Å²) in [5.74, 6) is -0.277. The average molecular weight is 329 g/mol. The summed E-state index contributed by atoms with van der Waals surface area (Å²) in [6.45, 7) is 1.83. The Kier molecular flexibility index (Phi) is 4.09. The van der Waals surface area contributed by atoms with E-state index in [-0.39, 0.29) is 18.8 Å². The quantitative estimate of drug-likeness (QED) is 0.586. The van der Waals surface area contributed by atoms with E-state index in [2.05, 4.69) is 4.18 Å². The third-order valence-electron chi connectivity index (χ3n) is 3.34. The van der Waals surface area contributed by atoms with Crippen molar-refractivity contribution in [3.8, 4) is 0 Å². The summed E-state index contributed by atoms with van der Waals surface area (Å²) in [4.78, 5) is 13.2. The van der Waals surface area contributed by atoms with Crippen molar-refractivity contribution in [3.63, 3.8) is 0 Å². The fourth-order valence-corrected chi connectivity index (χ4v) is 3.02. The second-order valence-electron chi connectivity index (χ2n) is 4.73. The Morgan fingerprint density at radius 3 is 2.62 bits per heavy atom. The van der Waals surface area contributed by atoms with Gasteiger partial charge in [0.15, 0.2) is 0 Å². The van der Waals surface area contributed by atoms with E-state index in [4.69, 9.17) is 4.74 Å². The number of carbonyl (C=O) groups is 1. The van der Waals surface area contributed by atoms with Crippen LogP contribution in [0.2, 0.25) is 0 Å². The highest BCUT2D eigenvalue weighted by atomic mass is 32.2. The van der Waals surface area contributed by atoms with Crippen molar-refractivity contribution >= 4 is 16.2 Å². The highest BCUT2D eigenvalue weighted by Crippen LogP contribution is 2.37. The van der Waals surface area contributed by atoms with Crippen molar-refractivity contribution in [3.05, 3.63) is 11.8 Å². The minimum atomic E-state index is -5.67. The minimum absolute atomic E-state index is 0.0787. The van der Waals surface area contributed by atoms with Crippen LogP contribution in [0.15, 0.2) is 11.8 Å². The van der Waals surface area contributed by atoms with Crippen LogP contribution in [0.3, 0.4) is 0 Å². The Bertz CT molecular complexity index is 557. The van der Waals surface area contributed by atoms with Gasteiger partial charge >= 0.3 is 21.7 Å². The van der Waals surface area contributed by atoms with Crippen molar-refractivity contribution in [1.29, 1.82) is 0 Å². The fourth-order valence-electron chi connectivity index (χ4n) is 2.52. The smallest absolute Gasteiger partial charge is 0.450 e. The largest absolute Gasteiger partial charge is 0.534 e. The van der Waals surface area contributed by atoms with Crippen LogP contribution in [0.25, 0.3) is 0 Å². The zero-order valence-electron chi connectivity index (χ0n) is 11.1. The van der Waals surface area contributed by atoms with Crippen molar-refractivity contribution in [1.82, 2.24) is 4.90 Å². The standard InChI is InChI=1S/C11H14F3NO5S/c1-2-19-10(16)15-7-3-4-8(15)6-9(5-7)20-21(17,18)11(12,13)14/h5,7-8H,2-4,6H2,1H3. The molecule has 1 fully saturated rings. The highest BCUT2D eigenvalue weighted by Gasteiger charge is 2.50. The molecule has 0 saturated carbocycles. The fraction of sp³-hybridized carbons (Fsp3) is 0.727. The monoisotopic (exact) mass is 329 g/mol. The first kappa shape index (κ1) is 15.9. The van der Waals surface area contributed by atoms with E-state index >= 15 is 0 Å². The Balaban J connectivity index is 2.14. The van der Waals surface area contributed by atoms with Gasteiger partial charge < -0.3 is 8.92 Å². The highest BCUT2D eigenvalue weighted by molar-refractivity contribution is 7.87. The number of halogens is 3. The molecule has 0 aromatic carbocycles. The van der Waals surface area contributed by atoms with Crippen LogP contribution in [0, 0.1) is 0 Å². The van der Waals surface area contributed by atoms with Gasteiger partial charge in [0.1, 0.15) is 5.76 Å². The van der Waals surface area contributed by atoms with Crippen LogP contribution >= 0.6 is 0 Å². The number of carbonyl (C=O) groups excluding carboxylic acids is 1. The predicted octanol–water partition coefficient (Wildman–Crippen LogP) is 2.13. The molecule has 10 heteroatoms. The van der Waals surface area contributed by atoms with E-state index in [1.807, 2.05) is 0 Å². The molecule has 1 amide bonds. The van der Waals surface area contributed by atoms with Crippen LogP contribution in [0.5, 0.6) is 0 Å². The van der Waals surface area contributed by atoms with E-state index in [1.54, 1.807) is 6.92 Å². The Morgan fingerprint density at radius 1 is 1.43 bits per heavy atom. The van der Waals surface area contributed by atoms with Crippen LogP contribution in [0.4, 0.5) is 18.0 Å². The lowest BCUT2D eigenvalue weighted by Gasteiger charge is -2.32. The van der Waals surface area contributed by atoms with E-state index < -0.39 is 33.8 Å². The third-order valence-corrected chi connectivity index (χ3v) is 4.34. The zero-order valence-corrected chi connectivity index (χ0v) is 11.9. The molecular weight excluding hydrogens is 315 g/mol. The molecule has 2 bridgehead atoms. The van der Waals surface area contributed by atoms with Gasteiger partial charge in [0.05, 0.1) is 12.6 Å². The first-order valence-electron chi connectivity index (χ1n) is 6.32. The number of hydrogen-bond acceptors (Lipinski definition) is 5. The molecular formula is C11H14F3NO5S. The van der Waals surface area contributed by atoms with Gasteiger partial charge in [-0.3, -0.25) is 4.90 Å². The average Bonchev–Trinajstić information content (AvgIpc) is 2.60.